The highest BCUT2D eigenvalue weighted by atomic mass is 19.1. The van der Waals surface area contributed by atoms with Crippen molar-refractivity contribution in [2.45, 2.75) is 6.54 Å². The molecule has 0 unspecified atom stereocenters. The second-order valence-corrected chi connectivity index (χ2v) is 4.01. The van der Waals surface area contributed by atoms with Crippen LogP contribution >= 0.6 is 0 Å². The molecule has 0 radical (unpaired) electrons. The topological polar surface area (TPSA) is 55.2 Å². The summed E-state index contributed by atoms with van der Waals surface area (Å²) >= 11 is 0. The Balaban J connectivity index is 2.18. The fourth-order valence-electron chi connectivity index (χ4n) is 1.62. The van der Waals surface area contributed by atoms with Crippen molar-refractivity contribution >= 4 is 11.4 Å². The van der Waals surface area contributed by atoms with Crippen LogP contribution in [0.15, 0.2) is 36.4 Å². The number of halogens is 3. The molecule has 2 aromatic carbocycles. The van der Waals surface area contributed by atoms with Gasteiger partial charge >= 0.3 is 5.69 Å². The van der Waals surface area contributed by atoms with Crippen molar-refractivity contribution < 1.29 is 18.1 Å². The van der Waals surface area contributed by atoms with E-state index >= 15 is 0 Å². The van der Waals surface area contributed by atoms with E-state index in [-0.39, 0.29) is 12.1 Å². The summed E-state index contributed by atoms with van der Waals surface area (Å²) in [6.45, 7) is -0.0847. The molecule has 0 amide bonds. The zero-order valence-corrected chi connectivity index (χ0v) is 10.1. The van der Waals surface area contributed by atoms with E-state index < -0.39 is 28.1 Å². The monoisotopic (exact) mass is 282 g/mol. The molecule has 104 valence electrons. The second kappa shape index (κ2) is 5.60. The summed E-state index contributed by atoms with van der Waals surface area (Å²) in [5.41, 5.74) is -0.331. The van der Waals surface area contributed by atoms with Crippen LogP contribution in [-0.4, -0.2) is 4.92 Å². The zero-order valence-electron chi connectivity index (χ0n) is 10.1. The molecule has 0 heterocycles. The number of benzene rings is 2. The van der Waals surface area contributed by atoms with Gasteiger partial charge in [-0.05, 0) is 24.3 Å². The Bertz CT molecular complexity index is 645. The highest BCUT2D eigenvalue weighted by Gasteiger charge is 2.18. The first-order valence-electron chi connectivity index (χ1n) is 5.59. The molecule has 1 N–H and O–H groups in total. The number of hydrogen-bond acceptors (Lipinski definition) is 3. The normalized spacial score (nSPS) is 10.3. The highest BCUT2D eigenvalue weighted by Crippen LogP contribution is 2.22. The lowest BCUT2D eigenvalue weighted by Crippen LogP contribution is -2.04. The van der Waals surface area contributed by atoms with E-state index in [1.807, 2.05) is 0 Å². The van der Waals surface area contributed by atoms with Gasteiger partial charge < -0.3 is 5.32 Å². The van der Waals surface area contributed by atoms with Gasteiger partial charge in [-0.3, -0.25) is 10.1 Å². The van der Waals surface area contributed by atoms with Crippen LogP contribution in [0, 0.1) is 27.6 Å². The van der Waals surface area contributed by atoms with Gasteiger partial charge in [0.1, 0.15) is 11.6 Å². The first-order valence-corrected chi connectivity index (χ1v) is 5.59. The van der Waals surface area contributed by atoms with Gasteiger partial charge in [0.05, 0.1) is 4.92 Å². The molecule has 0 atom stereocenters. The minimum atomic E-state index is -1.22. The first kappa shape index (κ1) is 13.9. The zero-order chi connectivity index (χ0) is 14.7. The van der Waals surface area contributed by atoms with Crippen molar-refractivity contribution in [3.8, 4) is 0 Å². The second-order valence-electron chi connectivity index (χ2n) is 4.01. The number of hydrogen-bond donors (Lipinski definition) is 1. The lowest BCUT2D eigenvalue weighted by Gasteiger charge is -2.07. The lowest BCUT2D eigenvalue weighted by molar-refractivity contribution is -0.387. The molecule has 0 fully saturated rings. The van der Waals surface area contributed by atoms with Crippen molar-refractivity contribution in [2.24, 2.45) is 0 Å². The molecule has 0 bridgehead atoms. The summed E-state index contributed by atoms with van der Waals surface area (Å²) in [6.07, 6.45) is 0. The van der Waals surface area contributed by atoms with Crippen molar-refractivity contribution in [3.63, 3.8) is 0 Å². The van der Waals surface area contributed by atoms with Gasteiger partial charge in [0.25, 0.3) is 0 Å². The molecule has 0 aliphatic rings. The fraction of sp³-hybridized carbons (Fsp3) is 0.0769. The fourth-order valence-corrected chi connectivity index (χ4v) is 1.62. The molecule has 0 saturated carbocycles. The summed E-state index contributed by atoms with van der Waals surface area (Å²) < 4.78 is 39.3. The van der Waals surface area contributed by atoms with E-state index in [2.05, 4.69) is 5.32 Å². The van der Waals surface area contributed by atoms with Gasteiger partial charge in [0.15, 0.2) is 0 Å². The minimum absolute atomic E-state index is 0.0533. The average molecular weight is 282 g/mol. The summed E-state index contributed by atoms with van der Waals surface area (Å²) in [5, 5.41) is 13.3. The van der Waals surface area contributed by atoms with Crippen LogP contribution in [0.2, 0.25) is 0 Å². The highest BCUT2D eigenvalue weighted by molar-refractivity contribution is 5.45. The molecule has 4 nitrogen and oxygen atoms in total. The third kappa shape index (κ3) is 3.05. The van der Waals surface area contributed by atoms with Crippen molar-refractivity contribution in [1.82, 2.24) is 0 Å². The van der Waals surface area contributed by atoms with Crippen LogP contribution in [0.5, 0.6) is 0 Å². The Labute approximate surface area is 112 Å². The quantitative estimate of drug-likeness (QED) is 0.688. The molecule has 2 aromatic rings. The third-order valence-corrected chi connectivity index (χ3v) is 2.64. The van der Waals surface area contributed by atoms with Crippen molar-refractivity contribution in [2.75, 3.05) is 5.32 Å². The van der Waals surface area contributed by atoms with Crippen molar-refractivity contribution in [1.29, 1.82) is 0 Å². The maximum atomic E-state index is 13.5. The molecule has 2 rings (SSSR count). The maximum absolute atomic E-state index is 13.5. The number of rotatable bonds is 4. The van der Waals surface area contributed by atoms with E-state index in [1.54, 1.807) is 0 Å². The molecule has 0 aliphatic carbocycles. The summed E-state index contributed by atoms with van der Waals surface area (Å²) in [6, 6.07) is 6.61. The molecule has 20 heavy (non-hydrogen) atoms. The van der Waals surface area contributed by atoms with Crippen LogP contribution in [0.25, 0.3) is 0 Å². The van der Waals surface area contributed by atoms with Gasteiger partial charge in [-0.15, -0.1) is 0 Å². The number of nitro groups is 1. The van der Waals surface area contributed by atoms with E-state index in [4.69, 9.17) is 0 Å². The van der Waals surface area contributed by atoms with E-state index in [0.717, 1.165) is 6.07 Å². The molecule has 0 aliphatic heterocycles. The molecule has 0 saturated heterocycles. The van der Waals surface area contributed by atoms with E-state index in [9.17, 15) is 23.3 Å². The van der Waals surface area contributed by atoms with Gasteiger partial charge in [0.2, 0.25) is 5.82 Å². The lowest BCUT2D eigenvalue weighted by atomic mass is 10.1. The summed E-state index contributed by atoms with van der Waals surface area (Å²) in [4.78, 5) is 9.66. The molecular formula is C13H9F3N2O2. The standard InChI is InChI=1S/C13H9F3N2O2/c14-9-1-3-10(4-2-9)17-7-8-5-13(18(19)20)12(16)6-11(8)15/h1-6,17H,7H2. The van der Waals surface area contributed by atoms with Crippen molar-refractivity contribution in [3.05, 3.63) is 69.5 Å². The average Bonchev–Trinajstić information content (AvgIpc) is 2.39. The van der Waals surface area contributed by atoms with Crippen LogP contribution in [0.4, 0.5) is 24.5 Å². The van der Waals surface area contributed by atoms with Gasteiger partial charge in [-0.1, -0.05) is 0 Å². The smallest absolute Gasteiger partial charge is 0.305 e. The summed E-state index contributed by atoms with van der Waals surface area (Å²) in [5.74, 6) is -2.53. The SMILES string of the molecule is O=[N+]([O-])c1cc(CNc2ccc(F)cc2)c(F)cc1F. The minimum Gasteiger partial charge on any atom is -0.381 e. The Kier molecular flexibility index (Phi) is 3.88. The third-order valence-electron chi connectivity index (χ3n) is 2.64. The largest absolute Gasteiger partial charge is 0.381 e. The number of nitrogens with zero attached hydrogens (tertiary/aromatic N) is 1. The maximum Gasteiger partial charge on any atom is 0.305 e. The van der Waals surface area contributed by atoms with E-state index in [1.165, 1.54) is 24.3 Å². The van der Waals surface area contributed by atoms with Crippen LogP contribution < -0.4 is 5.32 Å². The Morgan fingerprint density at radius 3 is 2.30 bits per heavy atom. The first-order chi connectivity index (χ1) is 9.47. The van der Waals surface area contributed by atoms with Gasteiger partial charge in [0, 0.05) is 29.9 Å². The molecular weight excluding hydrogens is 273 g/mol. The van der Waals surface area contributed by atoms with Crippen LogP contribution in [-0.2, 0) is 6.54 Å². The number of nitrogens with one attached hydrogen (secondary N) is 1. The Morgan fingerprint density at radius 1 is 1.05 bits per heavy atom. The predicted molar refractivity (Wildman–Crippen MR) is 66.7 cm³/mol. The van der Waals surface area contributed by atoms with E-state index in [0.29, 0.717) is 11.8 Å². The molecule has 0 spiro atoms. The molecule has 7 heteroatoms. The van der Waals surface area contributed by atoms with Gasteiger partial charge in [-0.2, -0.15) is 4.39 Å². The summed E-state index contributed by atoms with van der Waals surface area (Å²) in [7, 11) is 0. The number of nitro benzene ring substituents is 1. The number of anilines is 1. The Morgan fingerprint density at radius 2 is 1.70 bits per heavy atom. The van der Waals surface area contributed by atoms with Crippen LogP contribution in [0.3, 0.4) is 0 Å². The molecule has 0 aromatic heterocycles. The predicted octanol–water partition coefficient (Wildman–Crippen LogP) is 3.62. The van der Waals surface area contributed by atoms with Crippen LogP contribution in [0.1, 0.15) is 5.56 Å². The Hall–Kier alpha value is -2.57. The van der Waals surface area contributed by atoms with Gasteiger partial charge in [-0.25, -0.2) is 8.78 Å².